The Balaban J connectivity index is 3.05. The number of ether oxygens (including phenoxy) is 1. The molecule has 1 aromatic carbocycles. The highest BCUT2D eigenvalue weighted by atomic mass is 19.4. The average Bonchev–Trinajstić information content (AvgIpc) is 2.29. The SMILES string of the molecule is CCCNC(c1ccc(OC)cc1F)C(F)(F)F. The van der Waals surface area contributed by atoms with E-state index in [1.807, 2.05) is 0 Å². The lowest BCUT2D eigenvalue weighted by molar-refractivity contribution is -0.158. The molecule has 0 fully saturated rings. The van der Waals surface area contributed by atoms with Crippen LogP contribution in [0, 0.1) is 5.82 Å². The lowest BCUT2D eigenvalue weighted by Crippen LogP contribution is -2.35. The standard InChI is InChI=1S/C12H15F4NO/c1-3-6-17-11(12(14,15)16)9-5-4-8(18-2)7-10(9)13/h4-5,7,11,17H,3,6H2,1-2H3. The summed E-state index contributed by atoms with van der Waals surface area (Å²) in [6.07, 6.45) is -4.01. The van der Waals surface area contributed by atoms with Crippen LogP contribution in [0.3, 0.4) is 0 Å². The lowest BCUT2D eigenvalue weighted by atomic mass is 10.1. The maximum atomic E-state index is 13.6. The lowest BCUT2D eigenvalue weighted by Gasteiger charge is -2.22. The number of methoxy groups -OCH3 is 1. The molecule has 2 nitrogen and oxygen atoms in total. The van der Waals surface area contributed by atoms with Gasteiger partial charge in [0.15, 0.2) is 0 Å². The van der Waals surface area contributed by atoms with Crippen LogP contribution in [0.5, 0.6) is 5.75 Å². The van der Waals surface area contributed by atoms with Crippen molar-refractivity contribution in [2.24, 2.45) is 0 Å². The van der Waals surface area contributed by atoms with Crippen molar-refractivity contribution in [1.29, 1.82) is 0 Å². The Hall–Kier alpha value is -1.30. The van der Waals surface area contributed by atoms with E-state index in [1.54, 1.807) is 6.92 Å². The zero-order valence-electron chi connectivity index (χ0n) is 10.1. The zero-order chi connectivity index (χ0) is 13.8. The number of halogens is 4. The number of alkyl halides is 3. The van der Waals surface area contributed by atoms with Crippen LogP contribution in [-0.4, -0.2) is 19.8 Å². The predicted molar refractivity (Wildman–Crippen MR) is 60.0 cm³/mol. The van der Waals surface area contributed by atoms with Gasteiger partial charge in [-0.3, -0.25) is 0 Å². The molecule has 0 saturated heterocycles. The molecule has 0 aromatic heterocycles. The fourth-order valence-electron chi connectivity index (χ4n) is 1.56. The summed E-state index contributed by atoms with van der Waals surface area (Å²) in [4.78, 5) is 0. The van der Waals surface area contributed by atoms with Crippen LogP contribution >= 0.6 is 0 Å². The maximum Gasteiger partial charge on any atom is 0.408 e. The van der Waals surface area contributed by atoms with Gasteiger partial charge in [0, 0.05) is 11.6 Å². The molecule has 1 atom stereocenters. The smallest absolute Gasteiger partial charge is 0.408 e. The number of hydrogen-bond donors (Lipinski definition) is 1. The second-order valence-electron chi connectivity index (χ2n) is 3.82. The Morgan fingerprint density at radius 1 is 1.33 bits per heavy atom. The molecule has 0 amide bonds. The Kier molecular flexibility index (Phi) is 4.95. The quantitative estimate of drug-likeness (QED) is 0.823. The molecule has 6 heteroatoms. The fraction of sp³-hybridized carbons (Fsp3) is 0.500. The minimum absolute atomic E-state index is 0.162. The van der Waals surface area contributed by atoms with Crippen molar-refractivity contribution in [3.8, 4) is 5.75 Å². The number of rotatable bonds is 5. The van der Waals surface area contributed by atoms with Gasteiger partial charge >= 0.3 is 6.18 Å². The van der Waals surface area contributed by atoms with Crippen LogP contribution in [-0.2, 0) is 0 Å². The van der Waals surface area contributed by atoms with Crippen molar-refractivity contribution in [2.75, 3.05) is 13.7 Å². The molecule has 0 spiro atoms. The number of benzene rings is 1. The second kappa shape index (κ2) is 6.04. The van der Waals surface area contributed by atoms with Gasteiger partial charge < -0.3 is 10.1 Å². The van der Waals surface area contributed by atoms with Gasteiger partial charge in [0.05, 0.1) is 7.11 Å². The third kappa shape index (κ3) is 3.60. The first-order valence-electron chi connectivity index (χ1n) is 5.53. The van der Waals surface area contributed by atoms with Crippen molar-refractivity contribution >= 4 is 0 Å². The Morgan fingerprint density at radius 2 is 2.00 bits per heavy atom. The van der Waals surface area contributed by atoms with E-state index in [0.29, 0.717) is 6.42 Å². The molecule has 0 bridgehead atoms. The number of nitrogens with one attached hydrogen (secondary N) is 1. The summed E-state index contributed by atoms with van der Waals surface area (Å²) in [5.74, 6) is -0.743. The molecule has 0 aliphatic heterocycles. The minimum atomic E-state index is -4.54. The van der Waals surface area contributed by atoms with Crippen LogP contribution in [0.25, 0.3) is 0 Å². The summed E-state index contributed by atoms with van der Waals surface area (Å²) >= 11 is 0. The monoisotopic (exact) mass is 265 g/mol. The average molecular weight is 265 g/mol. The van der Waals surface area contributed by atoms with Gasteiger partial charge in [-0.25, -0.2) is 4.39 Å². The maximum absolute atomic E-state index is 13.6. The summed E-state index contributed by atoms with van der Waals surface area (Å²) < 4.78 is 56.9. The van der Waals surface area contributed by atoms with E-state index in [1.165, 1.54) is 13.2 Å². The topological polar surface area (TPSA) is 21.3 Å². The fourth-order valence-corrected chi connectivity index (χ4v) is 1.56. The van der Waals surface area contributed by atoms with Crippen molar-refractivity contribution in [3.63, 3.8) is 0 Å². The molecule has 0 aliphatic carbocycles. The highest BCUT2D eigenvalue weighted by Crippen LogP contribution is 2.34. The van der Waals surface area contributed by atoms with Crippen LogP contribution in [0.15, 0.2) is 18.2 Å². The Bertz CT molecular complexity index is 392. The van der Waals surface area contributed by atoms with Crippen molar-refractivity contribution in [3.05, 3.63) is 29.6 Å². The van der Waals surface area contributed by atoms with Crippen molar-refractivity contribution in [1.82, 2.24) is 5.32 Å². The molecule has 0 aliphatic rings. The summed E-state index contributed by atoms with van der Waals surface area (Å²) in [5.41, 5.74) is -0.420. The van der Waals surface area contributed by atoms with Crippen LogP contribution in [0.1, 0.15) is 24.9 Å². The highest BCUT2D eigenvalue weighted by molar-refractivity contribution is 5.31. The molecular weight excluding hydrogens is 250 g/mol. The van der Waals surface area contributed by atoms with Crippen molar-refractivity contribution < 1.29 is 22.3 Å². The molecule has 1 N–H and O–H groups in total. The van der Waals surface area contributed by atoms with Gasteiger partial charge in [-0.05, 0) is 19.0 Å². The molecular formula is C12H15F4NO. The van der Waals surface area contributed by atoms with Gasteiger partial charge in [0.25, 0.3) is 0 Å². The largest absolute Gasteiger partial charge is 0.497 e. The first-order chi connectivity index (χ1) is 8.40. The first kappa shape index (κ1) is 14.8. The van der Waals surface area contributed by atoms with Gasteiger partial charge in [-0.1, -0.05) is 13.0 Å². The molecule has 1 unspecified atom stereocenters. The van der Waals surface area contributed by atoms with E-state index in [-0.39, 0.29) is 12.3 Å². The zero-order valence-corrected chi connectivity index (χ0v) is 10.1. The molecule has 102 valence electrons. The van der Waals surface area contributed by atoms with Gasteiger partial charge in [-0.15, -0.1) is 0 Å². The highest BCUT2D eigenvalue weighted by Gasteiger charge is 2.41. The third-order valence-electron chi connectivity index (χ3n) is 2.44. The van der Waals surface area contributed by atoms with Crippen LogP contribution in [0.4, 0.5) is 17.6 Å². The Labute approximate surface area is 103 Å². The molecule has 1 rings (SSSR count). The van der Waals surface area contributed by atoms with E-state index in [9.17, 15) is 17.6 Å². The van der Waals surface area contributed by atoms with Gasteiger partial charge in [0.2, 0.25) is 0 Å². The van der Waals surface area contributed by atoms with Crippen LogP contribution in [0.2, 0.25) is 0 Å². The predicted octanol–water partition coefficient (Wildman–Crippen LogP) is 3.44. The molecule has 0 radical (unpaired) electrons. The Morgan fingerprint density at radius 3 is 2.44 bits per heavy atom. The van der Waals surface area contributed by atoms with Gasteiger partial charge in [0.1, 0.15) is 17.6 Å². The van der Waals surface area contributed by atoms with E-state index < -0.39 is 23.6 Å². The number of hydrogen-bond acceptors (Lipinski definition) is 2. The van der Waals surface area contributed by atoms with Crippen LogP contribution < -0.4 is 10.1 Å². The molecule has 1 aromatic rings. The summed E-state index contributed by atoms with van der Waals surface area (Å²) in [5, 5.41) is 2.30. The van der Waals surface area contributed by atoms with E-state index >= 15 is 0 Å². The van der Waals surface area contributed by atoms with Gasteiger partial charge in [-0.2, -0.15) is 13.2 Å². The van der Waals surface area contributed by atoms with E-state index in [0.717, 1.165) is 12.1 Å². The second-order valence-corrected chi connectivity index (χ2v) is 3.82. The van der Waals surface area contributed by atoms with E-state index in [2.05, 4.69) is 5.32 Å². The third-order valence-corrected chi connectivity index (χ3v) is 2.44. The normalized spacial score (nSPS) is 13.4. The van der Waals surface area contributed by atoms with Crippen molar-refractivity contribution in [2.45, 2.75) is 25.6 Å². The summed E-state index contributed by atoms with van der Waals surface area (Å²) in [6, 6.07) is 1.35. The molecule has 0 saturated carbocycles. The van der Waals surface area contributed by atoms with E-state index in [4.69, 9.17) is 4.74 Å². The summed E-state index contributed by atoms with van der Waals surface area (Å²) in [6.45, 7) is 1.90. The summed E-state index contributed by atoms with van der Waals surface area (Å²) in [7, 11) is 1.32. The molecule has 0 heterocycles. The molecule has 18 heavy (non-hydrogen) atoms. The first-order valence-corrected chi connectivity index (χ1v) is 5.53. The minimum Gasteiger partial charge on any atom is -0.497 e.